The maximum Gasteiger partial charge on any atom is 0.327 e. The fourth-order valence-corrected chi connectivity index (χ4v) is 11.9. The summed E-state index contributed by atoms with van der Waals surface area (Å²) in [4.78, 5) is 229. The number of primary amides is 1. The van der Waals surface area contributed by atoms with Gasteiger partial charge in [-0.1, -0.05) is 30.3 Å². The predicted molar refractivity (Wildman–Crippen MR) is 379 cm³/mol. The van der Waals surface area contributed by atoms with Crippen LogP contribution in [0.25, 0.3) is 0 Å². The maximum absolute atomic E-state index is 14.6. The number of likely N-dealkylation sites (tertiary alicyclic amines) is 2. The first kappa shape index (κ1) is 90.3. The van der Waals surface area contributed by atoms with Crippen LogP contribution in [0, 0.1) is 0 Å². The van der Waals surface area contributed by atoms with E-state index in [1.165, 1.54) is 18.7 Å². The number of carboxylic acid groups (broad SMARTS) is 3. The van der Waals surface area contributed by atoms with Crippen molar-refractivity contribution in [1.29, 1.82) is 0 Å². The lowest BCUT2D eigenvalue weighted by Gasteiger charge is -2.32. The molecule has 105 heavy (non-hydrogen) atoms. The molecule has 2 saturated heterocycles. The minimum atomic E-state index is -2.05. The number of unbranched alkanes of at least 4 members (excludes halogenated alkanes) is 1. The van der Waals surface area contributed by atoms with E-state index < -0.39 is 237 Å². The average molecular weight is 1540 g/mol. The van der Waals surface area contributed by atoms with Crippen molar-refractivity contribution in [3.8, 4) is 0 Å². The molecule has 0 bridgehead atoms. The van der Waals surface area contributed by atoms with E-state index in [-0.39, 0.29) is 81.8 Å². The van der Waals surface area contributed by atoms with Crippen LogP contribution in [0.15, 0.2) is 30.3 Å². The molecule has 2 aliphatic rings. The van der Waals surface area contributed by atoms with Gasteiger partial charge in [0.1, 0.15) is 72.5 Å². The molecule has 0 spiro atoms. The summed E-state index contributed by atoms with van der Waals surface area (Å²) >= 11 is 9.08. The number of nitrogens with zero attached hydrogens (tertiary/aromatic N) is 2. The van der Waals surface area contributed by atoms with Crippen LogP contribution in [0.4, 0.5) is 0 Å². The van der Waals surface area contributed by atoms with Gasteiger partial charge in [0.05, 0.1) is 37.8 Å². The summed E-state index contributed by atoms with van der Waals surface area (Å²) in [6, 6.07) is -12.6. The van der Waals surface area contributed by atoms with E-state index in [1.807, 2.05) is 0 Å². The number of aliphatic carboxylic acids is 3. The molecule has 23 N–H and O–H groups in total. The van der Waals surface area contributed by atoms with Crippen LogP contribution >= 0.6 is 37.0 Å². The number of hydrogen-bond donors (Lipinski definition) is 22. The third-order valence-electron chi connectivity index (χ3n) is 16.7. The molecule has 42 heteroatoms. The van der Waals surface area contributed by atoms with Gasteiger partial charge in [-0.05, 0) is 102 Å². The Balaban J connectivity index is 1.88. The third-order valence-corrected chi connectivity index (χ3v) is 18.1. The minimum Gasteiger partial charge on any atom is -0.481 e. The van der Waals surface area contributed by atoms with Gasteiger partial charge in [0, 0.05) is 43.9 Å². The molecular weight excluding hydrogens is 1440 g/mol. The number of thioether (sulfide) groups is 1. The zero-order chi connectivity index (χ0) is 78.8. The Kier molecular flexibility index (Phi) is 39.6. The number of aliphatic hydroxyl groups is 3. The van der Waals surface area contributed by atoms with Gasteiger partial charge >= 0.3 is 17.9 Å². The molecule has 3 rings (SSSR count). The highest BCUT2D eigenvalue weighted by Gasteiger charge is 2.44. The van der Waals surface area contributed by atoms with Gasteiger partial charge in [0.2, 0.25) is 82.7 Å². The van der Waals surface area contributed by atoms with Crippen molar-refractivity contribution in [2.24, 2.45) is 17.2 Å². The maximum atomic E-state index is 14.6. The zero-order valence-corrected chi connectivity index (χ0v) is 60.8. The summed E-state index contributed by atoms with van der Waals surface area (Å²) in [6.45, 7) is 0.335. The lowest BCUT2D eigenvalue weighted by molar-refractivity contribution is -0.146. The van der Waals surface area contributed by atoms with Crippen LogP contribution in [0.2, 0.25) is 0 Å². The zero-order valence-electron chi connectivity index (χ0n) is 58.2. The van der Waals surface area contributed by atoms with Crippen LogP contribution in [-0.2, 0) is 87.9 Å². The smallest absolute Gasteiger partial charge is 0.327 e. The average Bonchev–Trinajstić information content (AvgIpc) is 1.69. The Morgan fingerprint density at radius 1 is 0.543 bits per heavy atom. The van der Waals surface area contributed by atoms with Crippen LogP contribution in [0.5, 0.6) is 0 Å². The van der Waals surface area contributed by atoms with E-state index in [9.17, 15) is 112 Å². The Morgan fingerprint density at radius 2 is 1.03 bits per heavy atom. The highest BCUT2D eigenvalue weighted by molar-refractivity contribution is 7.98. The van der Waals surface area contributed by atoms with Crippen LogP contribution in [-0.4, -0.2) is 288 Å². The Hall–Kier alpha value is -8.94. The van der Waals surface area contributed by atoms with E-state index in [1.54, 1.807) is 36.6 Å². The summed E-state index contributed by atoms with van der Waals surface area (Å²) in [5.41, 5.74) is 17.2. The molecule has 14 amide bonds. The quantitative estimate of drug-likeness (QED) is 0.0213. The number of nitrogens with two attached hydrogens (primary N) is 3. The molecule has 1 aromatic rings. The van der Waals surface area contributed by atoms with Crippen molar-refractivity contribution in [2.45, 2.75) is 194 Å². The lowest BCUT2D eigenvalue weighted by Crippen LogP contribution is -2.62. The number of carboxylic acids is 3. The van der Waals surface area contributed by atoms with Gasteiger partial charge < -0.3 is 116 Å². The Morgan fingerprint density at radius 3 is 1.52 bits per heavy atom. The number of carbonyl (C=O) groups is 17. The molecule has 586 valence electrons. The largest absolute Gasteiger partial charge is 0.481 e. The van der Waals surface area contributed by atoms with Crippen LogP contribution in [0.3, 0.4) is 0 Å². The highest BCUT2D eigenvalue weighted by atomic mass is 32.2. The molecular formula is C63H98N16O23S3. The molecule has 2 heterocycles. The first-order valence-electron chi connectivity index (χ1n) is 33.7. The van der Waals surface area contributed by atoms with E-state index >= 15 is 0 Å². The topological polar surface area (TPSA) is 628 Å². The number of carbonyl (C=O) groups excluding carboxylic acids is 14. The third kappa shape index (κ3) is 30.2. The van der Waals surface area contributed by atoms with Crippen molar-refractivity contribution >= 4 is 138 Å². The highest BCUT2D eigenvalue weighted by Crippen LogP contribution is 2.23. The number of hydrogen-bond acceptors (Lipinski definition) is 25. The van der Waals surface area contributed by atoms with Gasteiger partial charge in [0.15, 0.2) is 0 Å². The molecule has 0 aromatic heterocycles. The van der Waals surface area contributed by atoms with Gasteiger partial charge in [-0.2, -0.15) is 37.0 Å². The lowest BCUT2D eigenvalue weighted by atomic mass is 10.0. The molecule has 0 radical (unpaired) electrons. The minimum absolute atomic E-state index is 0.0375. The standard InChI is InChI=1S/C63H98N16O23S3/c1-31(81)49(76-57(95)41(28-80)75-54(92)37(17-19-47(85)86)69-51(89)34(65)29-103)60(98)72-36(16-18-45(66)83)53(91)74-40(26-48(87)88)61(99)78-22-9-14-43(78)58(96)71-38(20-24-105-3)55(93)73-39(25-33-11-5-4-6-12-33)56(94)77-50(32(2)82)62(100)79-23-10-15-44(79)59(97)70-35(13-7-8-21-64)52(90)67-27-46(84)68-42(30-104)63(101)102/h4-6,11-12,31-32,34-44,49-50,80-82,103-104H,7-10,13-30,64-65H2,1-3H3,(H2,66,83)(H,67,90)(H,68,84)(H,69,89)(H,70,97)(H,71,96)(H,72,98)(H,73,93)(H,74,91)(H,75,92)(H,76,95)(H,77,94)(H,85,86)(H,87,88)(H,101,102)/t31-,32-,34+,35+,36+,37+,38+,39+,40+,41+,42+,43+,44+,49+,50+/m1/s1. The number of thiol groups is 2. The molecule has 2 aliphatic heterocycles. The second kappa shape index (κ2) is 46.1. The van der Waals surface area contributed by atoms with Gasteiger partial charge in [0.25, 0.3) is 0 Å². The second-order valence-corrected chi connectivity index (χ2v) is 26.6. The number of aliphatic hydroxyl groups excluding tert-OH is 3. The molecule has 0 unspecified atom stereocenters. The Labute approximate surface area is 619 Å². The summed E-state index contributed by atoms with van der Waals surface area (Å²) in [5, 5.41) is 86.3. The Bertz CT molecular complexity index is 3220. The van der Waals surface area contributed by atoms with E-state index in [0.717, 1.165) is 16.7 Å². The van der Waals surface area contributed by atoms with Crippen molar-refractivity contribution in [3.05, 3.63) is 35.9 Å². The molecule has 39 nitrogen and oxygen atoms in total. The van der Waals surface area contributed by atoms with Gasteiger partial charge in [-0.15, -0.1) is 0 Å². The summed E-state index contributed by atoms with van der Waals surface area (Å²) in [7, 11) is 0. The number of nitrogens with one attached hydrogen (secondary N) is 11. The van der Waals surface area contributed by atoms with Crippen molar-refractivity contribution in [1.82, 2.24) is 68.3 Å². The van der Waals surface area contributed by atoms with Crippen molar-refractivity contribution < 1.29 is 112 Å². The van der Waals surface area contributed by atoms with Crippen LogP contribution in [0.1, 0.15) is 103 Å². The van der Waals surface area contributed by atoms with Crippen LogP contribution < -0.4 is 75.7 Å². The monoisotopic (exact) mass is 1540 g/mol. The number of rotatable bonds is 47. The summed E-state index contributed by atoms with van der Waals surface area (Å²) < 4.78 is 0. The molecule has 1 aromatic carbocycles. The first-order valence-corrected chi connectivity index (χ1v) is 36.3. The van der Waals surface area contributed by atoms with Gasteiger partial charge in [-0.25, -0.2) is 4.79 Å². The molecule has 15 atom stereocenters. The fraction of sp³-hybridized carbons (Fsp3) is 0.635. The summed E-state index contributed by atoms with van der Waals surface area (Å²) in [6.07, 6.45) is -4.55. The van der Waals surface area contributed by atoms with E-state index in [4.69, 9.17) is 17.2 Å². The SMILES string of the molecule is CSCC[C@H](NC(=O)[C@@H]1CCCN1C(=O)[C@H](CC(=O)O)NC(=O)[C@H](CCC(N)=O)NC(=O)[C@@H](NC(=O)[C@H](CO)NC(=O)[C@H](CCC(=O)O)NC(=O)[C@@H](N)CS)[C@@H](C)O)C(=O)N[C@@H](Cc1ccccc1)C(=O)N[C@H](C(=O)N1CCC[C@H]1C(=O)N[C@@H](CCCCN)C(=O)NCC(=O)N[C@@H](CS)C(=O)O)[C@@H](C)O. The van der Waals surface area contributed by atoms with E-state index in [2.05, 4.69) is 83.7 Å². The number of benzene rings is 1. The second-order valence-electron chi connectivity index (χ2n) is 24.9. The number of amides is 14. The molecule has 2 fully saturated rings. The summed E-state index contributed by atoms with van der Waals surface area (Å²) in [5.74, 6) is -19.2. The van der Waals surface area contributed by atoms with Gasteiger partial charge in [-0.3, -0.25) is 76.7 Å². The molecule has 0 aliphatic carbocycles. The normalized spacial score (nSPS) is 17.7. The van der Waals surface area contributed by atoms with Crippen molar-refractivity contribution in [2.75, 3.05) is 56.3 Å². The van der Waals surface area contributed by atoms with E-state index in [0.29, 0.717) is 18.4 Å². The first-order chi connectivity index (χ1) is 49.6. The molecule has 0 saturated carbocycles. The van der Waals surface area contributed by atoms with Crippen molar-refractivity contribution in [3.63, 3.8) is 0 Å². The fourth-order valence-electron chi connectivity index (χ4n) is 11.0. The predicted octanol–water partition coefficient (Wildman–Crippen LogP) is -8.31.